The number of guanidine groups is 1. The Labute approximate surface area is 134 Å². The number of aliphatic imine (C=N–C) groups is 1. The van der Waals surface area contributed by atoms with Crippen molar-refractivity contribution in [2.24, 2.45) is 16.5 Å². The molecule has 116 valence electrons. The van der Waals surface area contributed by atoms with E-state index < -0.39 is 0 Å². The van der Waals surface area contributed by atoms with Crippen molar-refractivity contribution in [1.82, 2.24) is 4.98 Å². The van der Waals surface area contributed by atoms with Gasteiger partial charge in [0.15, 0.2) is 5.96 Å². The van der Waals surface area contributed by atoms with Crippen LogP contribution < -0.4 is 16.4 Å². The van der Waals surface area contributed by atoms with Crippen molar-refractivity contribution in [1.29, 1.82) is 5.41 Å². The first kappa shape index (κ1) is 16.0. The number of thiazole rings is 1. The summed E-state index contributed by atoms with van der Waals surface area (Å²) in [7, 11) is 0. The average molecular weight is 316 g/mol. The lowest BCUT2D eigenvalue weighted by Crippen LogP contribution is -2.30. The van der Waals surface area contributed by atoms with Gasteiger partial charge in [0.05, 0.1) is 12.0 Å². The number of nitrogens with one attached hydrogen (secondary N) is 1. The second kappa shape index (κ2) is 7.04. The molecule has 0 aliphatic rings. The number of aromatic nitrogens is 1. The number of rotatable bonds is 6. The molecule has 2 aromatic rings. The van der Waals surface area contributed by atoms with Crippen molar-refractivity contribution in [3.8, 4) is 11.3 Å². The van der Waals surface area contributed by atoms with Crippen molar-refractivity contribution < 1.29 is 0 Å². The standard InChI is InChI=1S/C15H20N6S/c1-3-10(2)21(9-16)12-6-4-5-11(7-12)13-8-22-15(19-13)20-14(17)18/h4-10,16H,3H2,1-2H3,(H4,17,18,19,20). The zero-order chi connectivity index (χ0) is 16.1. The van der Waals surface area contributed by atoms with Crippen LogP contribution in [0.25, 0.3) is 11.3 Å². The third kappa shape index (κ3) is 3.62. The molecule has 6 nitrogen and oxygen atoms in total. The van der Waals surface area contributed by atoms with Crippen LogP contribution in [0, 0.1) is 5.41 Å². The van der Waals surface area contributed by atoms with E-state index in [-0.39, 0.29) is 12.0 Å². The normalized spacial score (nSPS) is 11.7. The first-order valence-electron chi connectivity index (χ1n) is 6.99. The monoisotopic (exact) mass is 316 g/mol. The Kier molecular flexibility index (Phi) is 5.11. The van der Waals surface area contributed by atoms with E-state index in [0.717, 1.165) is 23.4 Å². The third-order valence-corrected chi connectivity index (χ3v) is 4.10. The lowest BCUT2D eigenvalue weighted by Gasteiger charge is -2.26. The van der Waals surface area contributed by atoms with Gasteiger partial charge in [0.1, 0.15) is 0 Å². The lowest BCUT2D eigenvalue weighted by molar-refractivity contribution is 0.704. The maximum Gasteiger partial charge on any atom is 0.212 e. The Morgan fingerprint density at radius 3 is 2.91 bits per heavy atom. The molecule has 22 heavy (non-hydrogen) atoms. The molecule has 1 unspecified atom stereocenters. The number of benzene rings is 1. The smallest absolute Gasteiger partial charge is 0.212 e. The number of nitrogens with zero attached hydrogens (tertiary/aromatic N) is 3. The quantitative estimate of drug-likeness (QED) is 0.563. The van der Waals surface area contributed by atoms with Crippen LogP contribution in [0.15, 0.2) is 34.6 Å². The van der Waals surface area contributed by atoms with E-state index in [1.165, 1.54) is 17.7 Å². The molecule has 1 aromatic carbocycles. The van der Waals surface area contributed by atoms with E-state index in [0.29, 0.717) is 5.13 Å². The number of hydrogen-bond acceptors (Lipinski definition) is 4. The van der Waals surface area contributed by atoms with Crippen LogP contribution >= 0.6 is 11.3 Å². The summed E-state index contributed by atoms with van der Waals surface area (Å²) >= 11 is 1.39. The molecule has 0 radical (unpaired) electrons. The molecule has 0 amide bonds. The van der Waals surface area contributed by atoms with Crippen molar-refractivity contribution in [2.75, 3.05) is 4.90 Å². The highest BCUT2D eigenvalue weighted by molar-refractivity contribution is 7.13. The van der Waals surface area contributed by atoms with Crippen molar-refractivity contribution in [2.45, 2.75) is 26.3 Å². The number of nitrogens with two attached hydrogens (primary N) is 2. The van der Waals surface area contributed by atoms with Gasteiger partial charge in [-0.25, -0.2) is 4.98 Å². The minimum absolute atomic E-state index is 0.00130. The van der Waals surface area contributed by atoms with Gasteiger partial charge in [0.2, 0.25) is 5.13 Å². The Balaban J connectivity index is 2.33. The first-order chi connectivity index (χ1) is 10.5. The summed E-state index contributed by atoms with van der Waals surface area (Å²) in [4.78, 5) is 10.3. The minimum Gasteiger partial charge on any atom is -0.370 e. The summed E-state index contributed by atoms with van der Waals surface area (Å²) in [6, 6.07) is 8.22. The highest BCUT2D eigenvalue weighted by Gasteiger charge is 2.12. The van der Waals surface area contributed by atoms with E-state index in [9.17, 15) is 0 Å². The molecule has 0 aliphatic heterocycles. The van der Waals surface area contributed by atoms with Gasteiger partial charge in [-0.3, -0.25) is 5.41 Å². The molecule has 0 fully saturated rings. The van der Waals surface area contributed by atoms with Gasteiger partial charge in [-0.2, -0.15) is 4.99 Å². The molecule has 0 aliphatic carbocycles. The third-order valence-electron chi connectivity index (χ3n) is 3.36. The summed E-state index contributed by atoms with van der Waals surface area (Å²) in [6.07, 6.45) is 2.32. The Morgan fingerprint density at radius 2 is 2.27 bits per heavy atom. The maximum absolute atomic E-state index is 7.63. The summed E-state index contributed by atoms with van der Waals surface area (Å²) in [5.74, 6) is 0.00130. The van der Waals surface area contributed by atoms with Gasteiger partial charge in [-0.15, -0.1) is 11.3 Å². The Morgan fingerprint density at radius 1 is 1.50 bits per heavy atom. The molecule has 2 rings (SSSR count). The van der Waals surface area contributed by atoms with Gasteiger partial charge in [-0.1, -0.05) is 19.1 Å². The molecule has 0 saturated heterocycles. The molecule has 1 heterocycles. The molecule has 0 bridgehead atoms. The van der Waals surface area contributed by atoms with Crippen LogP contribution in [0.1, 0.15) is 20.3 Å². The van der Waals surface area contributed by atoms with Gasteiger partial charge in [-0.05, 0) is 25.5 Å². The van der Waals surface area contributed by atoms with Crippen molar-refractivity contribution >= 4 is 34.5 Å². The van der Waals surface area contributed by atoms with Crippen molar-refractivity contribution in [3.63, 3.8) is 0 Å². The average Bonchev–Trinajstić information content (AvgIpc) is 2.96. The molecular weight excluding hydrogens is 296 g/mol. The Hall–Kier alpha value is -2.41. The predicted molar refractivity (Wildman–Crippen MR) is 94.0 cm³/mol. The van der Waals surface area contributed by atoms with E-state index in [1.807, 2.05) is 34.5 Å². The molecule has 1 atom stereocenters. The van der Waals surface area contributed by atoms with Crippen LogP contribution in [0.2, 0.25) is 0 Å². The fraction of sp³-hybridized carbons (Fsp3) is 0.267. The van der Waals surface area contributed by atoms with Crippen LogP contribution in [-0.4, -0.2) is 23.3 Å². The Bertz CT molecular complexity index is 674. The summed E-state index contributed by atoms with van der Waals surface area (Å²) in [5, 5.41) is 10.1. The maximum atomic E-state index is 7.63. The molecule has 5 N–H and O–H groups in total. The zero-order valence-electron chi connectivity index (χ0n) is 12.7. The topological polar surface area (TPSA) is 104 Å². The summed E-state index contributed by atoms with van der Waals surface area (Å²) in [6.45, 7) is 4.20. The van der Waals surface area contributed by atoms with Gasteiger partial charge in [0.25, 0.3) is 0 Å². The van der Waals surface area contributed by atoms with E-state index in [4.69, 9.17) is 16.9 Å². The highest BCUT2D eigenvalue weighted by atomic mass is 32.1. The van der Waals surface area contributed by atoms with Crippen molar-refractivity contribution in [3.05, 3.63) is 29.6 Å². The van der Waals surface area contributed by atoms with Gasteiger partial charge >= 0.3 is 0 Å². The molecule has 0 spiro atoms. The second-order valence-electron chi connectivity index (χ2n) is 4.90. The van der Waals surface area contributed by atoms with Crippen LogP contribution in [0.3, 0.4) is 0 Å². The summed E-state index contributed by atoms with van der Waals surface area (Å²) in [5.41, 5.74) is 13.5. The number of anilines is 1. The number of hydrogen-bond donors (Lipinski definition) is 3. The van der Waals surface area contributed by atoms with E-state index in [2.05, 4.69) is 23.8 Å². The van der Waals surface area contributed by atoms with Crippen LogP contribution in [0.5, 0.6) is 0 Å². The fourth-order valence-corrected chi connectivity index (χ4v) is 2.75. The molecular formula is C15H20N6S. The minimum atomic E-state index is 0.00130. The second-order valence-corrected chi connectivity index (χ2v) is 5.73. The summed E-state index contributed by atoms with van der Waals surface area (Å²) < 4.78 is 0. The van der Waals surface area contributed by atoms with E-state index in [1.54, 1.807) is 0 Å². The zero-order valence-corrected chi connectivity index (χ0v) is 13.5. The van der Waals surface area contributed by atoms with Gasteiger partial charge in [0, 0.05) is 22.7 Å². The van der Waals surface area contributed by atoms with E-state index >= 15 is 0 Å². The first-order valence-corrected chi connectivity index (χ1v) is 7.87. The molecule has 0 saturated carbocycles. The SMILES string of the molecule is CCC(C)N(C=N)c1cccc(-c2csc(N=C(N)N)n2)c1. The van der Waals surface area contributed by atoms with Crippen LogP contribution in [-0.2, 0) is 0 Å². The molecule has 1 aromatic heterocycles. The fourth-order valence-electron chi connectivity index (χ4n) is 2.04. The lowest BCUT2D eigenvalue weighted by atomic mass is 10.1. The highest BCUT2D eigenvalue weighted by Crippen LogP contribution is 2.29. The largest absolute Gasteiger partial charge is 0.370 e. The van der Waals surface area contributed by atoms with Gasteiger partial charge < -0.3 is 16.4 Å². The molecule has 7 heteroatoms. The van der Waals surface area contributed by atoms with Crippen LogP contribution in [0.4, 0.5) is 10.8 Å². The predicted octanol–water partition coefficient (Wildman–Crippen LogP) is 2.93.